The van der Waals surface area contributed by atoms with Crippen LogP contribution in [-0.4, -0.2) is 6.54 Å². The van der Waals surface area contributed by atoms with Crippen LogP contribution >= 0.6 is 0 Å². The van der Waals surface area contributed by atoms with Gasteiger partial charge >= 0.3 is 0 Å². The Morgan fingerprint density at radius 1 is 1.38 bits per heavy atom. The highest BCUT2D eigenvalue weighted by Crippen LogP contribution is 2.28. The smallest absolute Gasteiger partial charge is 0.0349 e. The molecule has 0 heterocycles. The highest BCUT2D eigenvalue weighted by molar-refractivity contribution is 5.51. The van der Waals surface area contributed by atoms with Gasteiger partial charge in [0.05, 0.1) is 0 Å². The van der Waals surface area contributed by atoms with Gasteiger partial charge in [-0.15, -0.1) is 0 Å². The maximum absolute atomic E-state index is 5.90. The molecule has 1 aliphatic rings. The van der Waals surface area contributed by atoms with Gasteiger partial charge in [-0.25, -0.2) is 0 Å². The number of hydrogen-bond donors (Lipinski definition) is 2. The Morgan fingerprint density at radius 3 is 3.00 bits per heavy atom. The van der Waals surface area contributed by atoms with E-state index in [4.69, 9.17) is 11.5 Å². The molecule has 0 radical (unpaired) electrons. The maximum atomic E-state index is 5.90. The summed E-state index contributed by atoms with van der Waals surface area (Å²) in [4.78, 5) is 0. The molecule has 0 saturated heterocycles. The molecule has 1 unspecified atom stereocenters. The van der Waals surface area contributed by atoms with Crippen molar-refractivity contribution in [3.63, 3.8) is 0 Å². The minimum absolute atomic E-state index is 0.661. The normalized spacial score (nSPS) is 21.2. The van der Waals surface area contributed by atoms with Crippen molar-refractivity contribution in [3.05, 3.63) is 29.3 Å². The fourth-order valence-electron chi connectivity index (χ4n) is 2.11. The summed E-state index contributed by atoms with van der Waals surface area (Å²) in [7, 11) is 0. The van der Waals surface area contributed by atoms with Gasteiger partial charge in [0.2, 0.25) is 0 Å². The monoisotopic (exact) mass is 176 g/mol. The van der Waals surface area contributed by atoms with E-state index < -0.39 is 0 Å². The van der Waals surface area contributed by atoms with Crippen LogP contribution < -0.4 is 11.5 Å². The zero-order valence-electron chi connectivity index (χ0n) is 7.79. The van der Waals surface area contributed by atoms with Crippen LogP contribution in [0.25, 0.3) is 0 Å². The Kier molecular flexibility index (Phi) is 2.23. The molecule has 0 saturated carbocycles. The number of benzene rings is 1. The average Bonchev–Trinajstić information content (AvgIpc) is 2.18. The molecular formula is C11H16N2. The Labute approximate surface area is 78.9 Å². The quantitative estimate of drug-likeness (QED) is 0.634. The SMILES string of the molecule is NCC1CCc2c(N)cccc2C1. The molecule has 4 N–H and O–H groups in total. The summed E-state index contributed by atoms with van der Waals surface area (Å²) in [5.74, 6) is 0.661. The van der Waals surface area contributed by atoms with Gasteiger partial charge in [-0.3, -0.25) is 0 Å². The van der Waals surface area contributed by atoms with Gasteiger partial charge in [0.25, 0.3) is 0 Å². The van der Waals surface area contributed by atoms with Gasteiger partial charge in [-0.05, 0) is 48.9 Å². The van der Waals surface area contributed by atoms with E-state index in [1.165, 1.54) is 17.5 Å². The van der Waals surface area contributed by atoms with E-state index in [-0.39, 0.29) is 0 Å². The Bertz CT molecular complexity index is 307. The standard InChI is InChI=1S/C11H16N2/c12-7-8-4-5-10-9(6-8)2-1-3-11(10)13/h1-3,8H,4-7,12-13H2. The van der Waals surface area contributed by atoms with E-state index in [2.05, 4.69) is 6.07 Å². The Balaban J connectivity index is 2.31. The van der Waals surface area contributed by atoms with Gasteiger partial charge in [-0.1, -0.05) is 12.1 Å². The average molecular weight is 176 g/mol. The van der Waals surface area contributed by atoms with E-state index in [9.17, 15) is 0 Å². The summed E-state index contributed by atoms with van der Waals surface area (Å²) in [6.07, 6.45) is 3.40. The molecule has 0 amide bonds. The number of hydrogen-bond acceptors (Lipinski definition) is 2. The van der Waals surface area contributed by atoms with Gasteiger partial charge in [0.1, 0.15) is 0 Å². The number of nitrogens with two attached hydrogens (primary N) is 2. The first-order chi connectivity index (χ1) is 6.31. The third-order valence-electron chi connectivity index (χ3n) is 2.95. The third kappa shape index (κ3) is 1.54. The second-order valence-electron chi connectivity index (χ2n) is 3.83. The van der Waals surface area contributed by atoms with E-state index in [1.54, 1.807) is 0 Å². The van der Waals surface area contributed by atoms with Crippen LogP contribution in [0.3, 0.4) is 0 Å². The minimum atomic E-state index is 0.661. The molecule has 2 rings (SSSR count). The van der Waals surface area contributed by atoms with Crippen molar-refractivity contribution < 1.29 is 0 Å². The molecular weight excluding hydrogens is 160 g/mol. The summed E-state index contributed by atoms with van der Waals surface area (Å²) >= 11 is 0. The van der Waals surface area contributed by atoms with Crippen LogP contribution in [0.15, 0.2) is 18.2 Å². The highest BCUT2D eigenvalue weighted by atomic mass is 14.6. The first-order valence-corrected chi connectivity index (χ1v) is 4.87. The number of rotatable bonds is 1. The van der Waals surface area contributed by atoms with E-state index >= 15 is 0 Å². The maximum Gasteiger partial charge on any atom is 0.0349 e. The first kappa shape index (κ1) is 8.57. The number of fused-ring (bicyclic) bond motifs is 1. The molecule has 0 bridgehead atoms. The number of nitrogen functional groups attached to an aromatic ring is 1. The van der Waals surface area contributed by atoms with Crippen LogP contribution in [0.5, 0.6) is 0 Å². The van der Waals surface area contributed by atoms with Crippen molar-refractivity contribution in [2.45, 2.75) is 19.3 Å². The molecule has 2 heteroatoms. The Morgan fingerprint density at radius 2 is 2.23 bits per heavy atom. The zero-order valence-corrected chi connectivity index (χ0v) is 7.79. The lowest BCUT2D eigenvalue weighted by Crippen LogP contribution is -2.22. The molecule has 2 nitrogen and oxygen atoms in total. The summed E-state index contributed by atoms with van der Waals surface area (Å²) in [6, 6.07) is 6.20. The first-order valence-electron chi connectivity index (χ1n) is 4.87. The largest absolute Gasteiger partial charge is 0.398 e. The fraction of sp³-hybridized carbons (Fsp3) is 0.455. The summed E-state index contributed by atoms with van der Waals surface area (Å²) in [5.41, 5.74) is 15.3. The van der Waals surface area contributed by atoms with Crippen molar-refractivity contribution in [3.8, 4) is 0 Å². The predicted molar refractivity (Wildman–Crippen MR) is 55.4 cm³/mol. The van der Waals surface area contributed by atoms with Gasteiger partial charge in [0.15, 0.2) is 0 Å². The van der Waals surface area contributed by atoms with E-state index in [0.717, 1.165) is 25.1 Å². The molecule has 70 valence electrons. The lowest BCUT2D eigenvalue weighted by Gasteiger charge is -2.24. The van der Waals surface area contributed by atoms with Crippen LogP contribution in [0.2, 0.25) is 0 Å². The van der Waals surface area contributed by atoms with Crippen LogP contribution in [0.1, 0.15) is 17.5 Å². The topological polar surface area (TPSA) is 52.0 Å². The van der Waals surface area contributed by atoms with Crippen LogP contribution in [-0.2, 0) is 12.8 Å². The zero-order chi connectivity index (χ0) is 9.26. The molecule has 1 aromatic carbocycles. The Hall–Kier alpha value is -1.02. The second-order valence-corrected chi connectivity index (χ2v) is 3.83. The second kappa shape index (κ2) is 3.38. The van der Waals surface area contributed by atoms with Crippen molar-refractivity contribution in [2.75, 3.05) is 12.3 Å². The molecule has 13 heavy (non-hydrogen) atoms. The van der Waals surface area contributed by atoms with Crippen molar-refractivity contribution in [2.24, 2.45) is 11.7 Å². The van der Waals surface area contributed by atoms with Gasteiger partial charge < -0.3 is 11.5 Å². The molecule has 1 aromatic rings. The number of anilines is 1. The summed E-state index contributed by atoms with van der Waals surface area (Å²) in [6.45, 7) is 0.800. The summed E-state index contributed by atoms with van der Waals surface area (Å²) in [5, 5.41) is 0. The van der Waals surface area contributed by atoms with Crippen molar-refractivity contribution in [1.29, 1.82) is 0 Å². The molecule has 1 atom stereocenters. The van der Waals surface area contributed by atoms with Crippen molar-refractivity contribution >= 4 is 5.69 Å². The molecule has 1 aliphatic carbocycles. The fourth-order valence-corrected chi connectivity index (χ4v) is 2.11. The molecule has 0 spiro atoms. The molecule has 0 aliphatic heterocycles. The molecule has 0 aromatic heterocycles. The lowest BCUT2D eigenvalue weighted by molar-refractivity contribution is 0.470. The minimum Gasteiger partial charge on any atom is -0.398 e. The van der Waals surface area contributed by atoms with Crippen molar-refractivity contribution in [1.82, 2.24) is 0 Å². The highest BCUT2D eigenvalue weighted by Gasteiger charge is 2.18. The van der Waals surface area contributed by atoms with E-state index in [1.807, 2.05) is 12.1 Å². The lowest BCUT2D eigenvalue weighted by atomic mass is 9.83. The van der Waals surface area contributed by atoms with E-state index in [0.29, 0.717) is 5.92 Å². The predicted octanol–water partition coefficient (Wildman–Crippen LogP) is 1.33. The van der Waals surface area contributed by atoms with Crippen LogP contribution in [0.4, 0.5) is 5.69 Å². The van der Waals surface area contributed by atoms with Gasteiger partial charge in [-0.2, -0.15) is 0 Å². The van der Waals surface area contributed by atoms with Gasteiger partial charge in [0, 0.05) is 5.69 Å². The molecule has 0 fully saturated rings. The third-order valence-corrected chi connectivity index (χ3v) is 2.95. The summed E-state index contributed by atoms with van der Waals surface area (Å²) < 4.78 is 0. The van der Waals surface area contributed by atoms with Crippen LogP contribution in [0, 0.1) is 5.92 Å².